The molecule has 1 heteroatoms. The topological polar surface area (TPSA) is 3.24 Å². The summed E-state index contributed by atoms with van der Waals surface area (Å²) in [6.07, 6.45) is 1.14. The molecule has 1 heterocycles. The molecule has 0 atom stereocenters. The Morgan fingerprint density at radius 2 is 2.00 bits per heavy atom. The summed E-state index contributed by atoms with van der Waals surface area (Å²) in [6.45, 7) is 5.55. The molecule has 0 aromatic heterocycles. The molecule has 0 fully saturated rings. The summed E-state index contributed by atoms with van der Waals surface area (Å²) in [5.41, 5.74) is 5.82. The Hall–Kier alpha value is -1.24. The molecule has 0 saturated heterocycles. The molecule has 0 aliphatic carbocycles. The number of fused-ring (bicyclic) bond motifs is 1. The first-order chi connectivity index (χ1) is 6.74. The number of likely N-dealkylation sites (N-methyl/N-ethyl adjacent to an activating group) is 1. The highest BCUT2D eigenvalue weighted by Gasteiger charge is 2.17. The largest absolute Gasteiger partial charge is 0.370 e. The van der Waals surface area contributed by atoms with Crippen LogP contribution in [0, 0.1) is 0 Å². The normalized spacial score (nSPS) is 15.8. The number of anilines is 1. The highest BCUT2D eigenvalue weighted by atomic mass is 15.1. The second-order valence-electron chi connectivity index (χ2n) is 3.99. The molecule has 74 valence electrons. The third-order valence-corrected chi connectivity index (χ3v) is 2.98. The van der Waals surface area contributed by atoms with E-state index in [0.717, 1.165) is 13.0 Å². The van der Waals surface area contributed by atoms with Crippen LogP contribution in [0.2, 0.25) is 0 Å². The SMILES string of the molecule is CCC1=C(C)CN(C)c2ccccc21. The van der Waals surface area contributed by atoms with Gasteiger partial charge in [-0.1, -0.05) is 30.7 Å². The van der Waals surface area contributed by atoms with Crippen molar-refractivity contribution in [2.75, 3.05) is 18.5 Å². The highest BCUT2D eigenvalue weighted by Crippen LogP contribution is 2.35. The molecule has 1 aromatic carbocycles. The van der Waals surface area contributed by atoms with Crippen LogP contribution in [0.5, 0.6) is 0 Å². The highest BCUT2D eigenvalue weighted by molar-refractivity contribution is 5.81. The number of hydrogen-bond acceptors (Lipinski definition) is 1. The van der Waals surface area contributed by atoms with E-state index in [9.17, 15) is 0 Å². The van der Waals surface area contributed by atoms with E-state index in [1.54, 1.807) is 0 Å². The molecule has 0 amide bonds. The van der Waals surface area contributed by atoms with Crippen LogP contribution in [0.25, 0.3) is 5.57 Å². The fraction of sp³-hybridized carbons (Fsp3) is 0.385. The van der Waals surface area contributed by atoms with Crippen LogP contribution in [-0.2, 0) is 0 Å². The molecule has 1 aromatic rings. The maximum atomic E-state index is 2.32. The zero-order chi connectivity index (χ0) is 10.1. The number of allylic oxidation sites excluding steroid dienone is 1. The first-order valence-corrected chi connectivity index (χ1v) is 5.23. The summed E-state index contributed by atoms with van der Waals surface area (Å²) in [5.74, 6) is 0. The van der Waals surface area contributed by atoms with Gasteiger partial charge in [0.1, 0.15) is 0 Å². The van der Waals surface area contributed by atoms with E-state index < -0.39 is 0 Å². The van der Waals surface area contributed by atoms with Gasteiger partial charge in [0.25, 0.3) is 0 Å². The standard InChI is InChI=1S/C13H17N/c1-4-11-10(2)9-14(3)13-8-6-5-7-12(11)13/h5-8H,4,9H2,1-3H3. The van der Waals surface area contributed by atoms with E-state index in [-0.39, 0.29) is 0 Å². The zero-order valence-electron chi connectivity index (χ0n) is 9.17. The van der Waals surface area contributed by atoms with E-state index in [1.807, 2.05) is 0 Å². The van der Waals surface area contributed by atoms with Crippen LogP contribution in [-0.4, -0.2) is 13.6 Å². The monoisotopic (exact) mass is 187 g/mol. The Morgan fingerprint density at radius 1 is 1.29 bits per heavy atom. The molecule has 0 bridgehead atoms. The van der Waals surface area contributed by atoms with Crippen LogP contribution in [0.15, 0.2) is 29.8 Å². The Balaban J connectivity index is 2.59. The minimum absolute atomic E-state index is 1.07. The van der Waals surface area contributed by atoms with Gasteiger partial charge in [0.05, 0.1) is 0 Å². The lowest BCUT2D eigenvalue weighted by Crippen LogP contribution is -2.24. The lowest BCUT2D eigenvalue weighted by Gasteiger charge is -2.30. The Morgan fingerprint density at radius 3 is 2.71 bits per heavy atom. The average Bonchev–Trinajstić information content (AvgIpc) is 2.18. The Kier molecular flexibility index (Phi) is 2.32. The van der Waals surface area contributed by atoms with Gasteiger partial charge in [0.2, 0.25) is 0 Å². The zero-order valence-corrected chi connectivity index (χ0v) is 9.17. The summed E-state index contributed by atoms with van der Waals surface area (Å²) in [7, 11) is 2.16. The number of hydrogen-bond donors (Lipinski definition) is 0. The van der Waals surface area contributed by atoms with Gasteiger partial charge in [-0.15, -0.1) is 0 Å². The number of para-hydroxylation sites is 1. The predicted molar refractivity (Wildman–Crippen MR) is 62.6 cm³/mol. The third-order valence-electron chi connectivity index (χ3n) is 2.98. The van der Waals surface area contributed by atoms with Gasteiger partial charge in [-0.25, -0.2) is 0 Å². The molecule has 0 N–H and O–H groups in total. The second-order valence-corrected chi connectivity index (χ2v) is 3.99. The summed E-state index contributed by atoms with van der Waals surface area (Å²) in [5, 5.41) is 0. The molecule has 0 unspecified atom stereocenters. The van der Waals surface area contributed by atoms with Crippen molar-refractivity contribution in [3.8, 4) is 0 Å². The van der Waals surface area contributed by atoms with Gasteiger partial charge in [-0.05, 0) is 25.0 Å². The molecule has 1 aliphatic heterocycles. The maximum Gasteiger partial charge on any atom is 0.0442 e. The van der Waals surface area contributed by atoms with Crippen LogP contribution < -0.4 is 4.90 Å². The first kappa shape index (κ1) is 9.32. The average molecular weight is 187 g/mol. The molecule has 1 aliphatic rings. The van der Waals surface area contributed by atoms with Crippen molar-refractivity contribution in [3.63, 3.8) is 0 Å². The van der Waals surface area contributed by atoms with Crippen LogP contribution >= 0.6 is 0 Å². The van der Waals surface area contributed by atoms with Crippen molar-refractivity contribution in [1.29, 1.82) is 0 Å². The van der Waals surface area contributed by atoms with Crippen molar-refractivity contribution < 1.29 is 0 Å². The molecule has 2 rings (SSSR count). The van der Waals surface area contributed by atoms with E-state index >= 15 is 0 Å². The summed E-state index contributed by atoms with van der Waals surface area (Å²) < 4.78 is 0. The van der Waals surface area contributed by atoms with E-state index in [4.69, 9.17) is 0 Å². The number of benzene rings is 1. The third kappa shape index (κ3) is 1.33. The fourth-order valence-electron chi connectivity index (χ4n) is 2.32. The van der Waals surface area contributed by atoms with Crippen LogP contribution in [0.4, 0.5) is 5.69 Å². The van der Waals surface area contributed by atoms with Gasteiger partial charge < -0.3 is 4.90 Å². The van der Waals surface area contributed by atoms with Gasteiger partial charge in [-0.2, -0.15) is 0 Å². The lowest BCUT2D eigenvalue weighted by molar-refractivity contribution is 0.949. The van der Waals surface area contributed by atoms with Gasteiger partial charge in [0, 0.05) is 24.8 Å². The van der Waals surface area contributed by atoms with E-state index in [2.05, 4.69) is 50.1 Å². The molecule has 0 saturated carbocycles. The summed E-state index contributed by atoms with van der Waals surface area (Å²) in [4.78, 5) is 2.32. The van der Waals surface area contributed by atoms with Gasteiger partial charge in [0.15, 0.2) is 0 Å². The molecule has 0 spiro atoms. The van der Waals surface area contributed by atoms with Crippen LogP contribution in [0.1, 0.15) is 25.8 Å². The molecular formula is C13H17N. The van der Waals surface area contributed by atoms with Crippen molar-refractivity contribution in [1.82, 2.24) is 0 Å². The van der Waals surface area contributed by atoms with Crippen molar-refractivity contribution in [3.05, 3.63) is 35.4 Å². The lowest BCUT2D eigenvalue weighted by atomic mass is 9.93. The minimum atomic E-state index is 1.07. The number of rotatable bonds is 1. The predicted octanol–water partition coefficient (Wildman–Crippen LogP) is 3.32. The molecule has 1 nitrogen and oxygen atoms in total. The van der Waals surface area contributed by atoms with Crippen molar-refractivity contribution in [2.24, 2.45) is 0 Å². The fourth-order valence-corrected chi connectivity index (χ4v) is 2.32. The Labute approximate surface area is 86.1 Å². The smallest absolute Gasteiger partial charge is 0.0442 e. The maximum absolute atomic E-state index is 2.32. The minimum Gasteiger partial charge on any atom is -0.370 e. The first-order valence-electron chi connectivity index (χ1n) is 5.23. The quantitative estimate of drug-likeness (QED) is 0.652. The number of nitrogens with zero attached hydrogens (tertiary/aromatic N) is 1. The summed E-state index contributed by atoms with van der Waals surface area (Å²) in [6, 6.07) is 8.68. The second kappa shape index (κ2) is 3.49. The van der Waals surface area contributed by atoms with Gasteiger partial charge in [-0.3, -0.25) is 0 Å². The van der Waals surface area contributed by atoms with Crippen LogP contribution in [0.3, 0.4) is 0 Å². The summed E-state index contributed by atoms with van der Waals surface area (Å²) >= 11 is 0. The van der Waals surface area contributed by atoms with E-state index in [1.165, 1.54) is 22.4 Å². The molecule has 14 heavy (non-hydrogen) atoms. The Bertz CT molecular complexity index is 377. The molecule has 0 radical (unpaired) electrons. The van der Waals surface area contributed by atoms with E-state index in [0.29, 0.717) is 0 Å². The van der Waals surface area contributed by atoms with Crippen molar-refractivity contribution >= 4 is 11.3 Å². The van der Waals surface area contributed by atoms with Gasteiger partial charge >= 0.3 is 0 Å². The van der Waals surface area contributed by atoms with Crippen molar-refractivity contribution in [2.45, 2.75) is 20.3 Å². The molecular weight excluding hydrogens is 170 g/mol.